The van der Waals surface area contributed by atoms with Crippen LogP contribution in [0, 0.1) is 24.0 Å². The van der Waals surface area contributed by atoms with Crippen LogP contribution in [0.5, 0.6) is 0 Å². The van der Waals surface area contributed by atoms with Crippen LogP contribution in [0.25, 0.3) is 11.3 Å². The number of ether oxygens (including phenoxy) is 1. The molecule has 2 N–H and O–H groups in total. The third-order valence-corrected chi connectivity index (χ3v) is 6.98. The summed E-state index contributed by atoms with van der Waals surface area (Å²) in [6, 6.07) is 0.627. The molecule has 2 aliphatic heterocycles. The summed E-state index contributed by atoms with van der Waals surface area (Å²) in [5, 5.41) is 9.29. The van der Waals surface area contributed by atoms with Crippen molar-refractivity contribution in [2.45, 2.75) is 45.4 Å². The number of amides is 1. The van der Waals surface area contributed by atoms with Crippen LogP contribution in [0.2, 0.25) is 0 Å². The average Bonchev–Trinajstić information content (AvgIpc) is 3.20. The van der Waals surface area contributed by atoms with E-state index in [1.54, 1.807) is 32.7 Å². The summed E-state index contributed by atoms with van der Waals surface area (Å²) < 4.78 is 40.6. The molecule has 0 spiro atoms. The van der Waals surface area contributed by atoms with Gasteiger partial charge in [-0.1, -0.05) is 11.1 Å². The number of benzene rings is 1. The number of nitrogens with zero attached hydrogens (tertiary/aromatic N) is 3. The van der Waals surface area contributed by atoms with Gasteiger partial charge in [-0.2, -0.15) is 0 Å². The molecule has 1 saturated heterocycles. The van der Waals surface area contributed by atoms with Crippen molar-refractivity contribution in [3.63, 3.8) is 0 Å². The zero-order valence-electron chi connectivity index (χ0n) is 18.7. The number of anilines is 1. The summed E-state index contributed by atoms with van der Waals surface area (Å²) in [5.74, 6) is -2.46. The number of nitrogens with one attached hydrogen (secondary N) is 2. The Labute approximate surface area is 194 Å². The van der Waals surface area contributed by atoms with Crippen molar-refractivity contribution in [3.05, 3.63) is 40.5 Å². The summed E-state index contributed by atoms with van der Waals surface area (Å²) in [5.41, 5.74) is -1.06. The smallest absolute Gasteiger partial charge is 0.241 e. The molecule has 4 atom stereocenters. The maximum absolute atomic E-state index is 15.6. The number of aryl methyl sites for hydroxylation is 1. The summed E-state index contributed by atoms with van der Waals surface area (Å²) in [7, 11) is 1.58. The van der Waals surface area contributed by atoms with E-state index in [1.807, 2.05) is 0 Å². The number of hydrogen-bond acceptors (Lipinski definition) is 8. The number of rotatable bonds is 5. The normalized spacial score (nSPS) is 26.2. The van der Waals surface area contributed by atoms with E-state index in [1.165, 1.54) is 6.07 Å². The lowest BCUT2D eigenvalue weighted by atomic mass is 9.68. The van der Waals surface area contributed by atoms with E-state index >= 15 is 8.78 Å². The molecule has 3 heterocycles. The molecule has 1 aromatic heterocycles. The SMILES string of the molecule is C=C(NC)NC(=O)C1(C=O)Cc2cc(-c3nnsc3C)c(F)c(F)c2N2CC(C)O[C@H](C)C21. The van der Waals surface area contributed by atoms with Crippen LogP contribution in [0.3, 0.4) is 0 Å². The molecule has 3 unspecified atom stereocenters. The first-order valence-electron chi connectivity index (χ1n) is 10.5. The van der Waals surface area contributed by atoms with Gasteiger partial charge in [0.25, 0.3) is 0 Å². The van der Waals surface area contributed by atoms with Gasteiger partial charge in [0.15, 0.2) is 11.6 Å². The number of morpholine rings is 1. The molecule has 8 nitrogen and oxygen atoms in total. The standard InChI is InChI=1S/C22H25F2N5O3S/c1-10-8-29-19-14(6-15(16(23)17(19)24)18-12(3)33-28-27-18)7-22(9-30,20(29)11(2)32-10)21(31)26-13(4)25-5/h6,9-11,20,25H,4,7-8H2,1-3,5H3,(H,26,31)/t10?,11-,20?,22?/m1/s1. The molecule has 1 amide bonds. The van der Waals surface area contributed by atoms with Crippen LogP contribution in [0.4, 0.5) is 14.5 Å². The Kier molecular flexibility index (Phi) is 5.95. The Hall–Kier alpha value is -2.92. The van der Waals surface area contributed by atoms with Crippen molar-refractivity contribution < 1.29 is 23.1 Å². The van der Waals surface area contributed by atoms with Crippen molar-refractivity contribution in [2.24, 2.45) is 5.41 Å². The van der Waals surface area contributed by atoms with Crippen molar-refractivity contribution in [1.29, 1.82) is 0 Å². The molecule has 0 saturated carbocycles. The number of aldehydes is 1. The first kappa shape index (κ1) is 23.2. The molecule has 1 fully saturated rings. The van der Waals surface area contributed by atoms with Gasteiger partial charge in [0.05, 0.1) is 34.6 Å². The molecule has 1 aromatic carbocycles. The number of halogens is 2. The van der Waals surface area contributed by atoms with Crippen LogP contribution in [0.1, 0.15) is 24.3 Å². The second kappa shape index (κ2) is 8.45. The van der Waals surface area contributed by atoms with E-state index in [-0.39, 0.29) is 41.8 Å². The molecule has 2 aliphatic rings. The number of aromatic nitrogens is 2. The second-order valence-electron chi connectivity index (χ2n) is 8.50. The maximum atomic E-state index is 15.6. The Morgan fingerprint density at radius 3 is 2.73 bits per heavy atom. The number of hydrogen-bond donors (Lipinski definition) is 2. The highest BCUT2D eigenvalue weighted by Crippen LogP contribution is 2.48. The van der Waals surface area contributed by atoms with Crippen molar-refractivity contribution in [2.75, 3.05) is 18.5 Å². The highest BCUT2D eigenvalue weighted by atomic mass is 32.1. The van der Waals surface area contributed by atoms with Crippen molar-refractivity contribution in [3.8, 4) is 11.3 Å². The summed E-state index contributed by atoms with van der Waals surface area (Å²) >= 11 is 1.07. The maximum Gasteiger partial charge on any atom is 0.241 e. The van der Waals surface area contributed by atoms with Crippen LogP contribution < -0.4 is 15.5 Å². The largest absolute Gasteiger partial charge is 0.375 e. The van der Waals surface area contributed by atoms with Crippen molar-refractivity contribution in [1.82, 2.24) is 20.2 Å². The topological polar surface area (TPSA) is 96.5 Å². The summed E-state index contributed by atoms with van der Waals surface area (Å²) in [4.78, 5) is 28.3. The summed E-state index contributed by atoms with van der Waals surface area (Å²) in [6.07, 6.45) is -0.487. The zero-order valence-corrected chi connectivity index (χ0v) is 19.6. The van der Waals surface area contributed by atoms with Gasteiger partial charge in [-0.05, 0) is 50.4 Å². The first-order valence-corrected chi connectivity index (χ1v) is 11.3. The Morgan fingerprint density at radius 2 is 2.12 bits per heavy atom. The van der Waals surface area contributed by atoms with Gasteiger partial charge >= 0.3 is 0 Å². The minimum atomic E-state index is -1.62. The minimum absolute atomic E-state index is 0.0433. The van der Waals surface area contributed by atoms with E-state index in [0.29, 0.717) is 16.7 Å². The van der Waals surface area contributed by atoms with Crippen LogP contribution in [0.15, 0.2) is 18.5 Å². The quantitative estimate of drug-likeness (QED) is 0.504. The zero-order chi connectivity index (χ0) is 24.1. The van der Waals surface area contributed by atoms with Crippen LogP contribution in [-0.2, 0) is 20.7 Å². The fourth-order valence-corrected chi connectivity index (χ4v) is 5.42. The van der Waals surface area contributed by atoms with Gasteiger partial charge in [0.2, 0.25) is 5.91 Å². The highest BCUT2D eigenvalue weighted by molar-refractivity contribution is 7.05. The monoisotopic (exact) mass is 477 g/mol. The molecular weight excluding hydrogens is 452 g/mol. The fourth-order valence-electron chi connectivity index (χ4n) is 4.94. The third-order valence-electron chi connectivity index (χ3n) is 6.35. The molecule has 176 valence electrons. The van der Waals surface area contributed by atoms with Gasteiger partial charge in [-0.3, -0.25) is 4.79 Å². The molecule has 0 aliphatic carbocycles. The van der Waals surface area contributed by atoms with Gasteiger partial charge in [0, 0.05) is 19.2 Å². The minimum Gasteiger partial charge on any atom is -0.375 e. The lowest BCUT2D eigenvalue weighted by Gasteiger charge is -2.54. The molecule has 11 heteroatoms. The van der Waals surface area contributed by atoms with E-state index in [9.17, 15) is 9.59 Å². The number of fused-ring (bicyclic) bond motifs is 3. The average molecular weight is 478 g/mol. The molecular formula is C22H25F2N5O3S. The van der Waals surface area contributed by atoms with Crippen molar-refractivity contribution >= 4 is 29.4 Å². The first-order chi connectivity index (χ1) is 15.6. The van der Waals surface area contributed by atoms with E-state index in [2.05, 4.69) is 26.8 Å². The van der Waals surface area contributed by atoms with E-state index < -0.39 is 35.1 Å². The van der Waals surface area contributed by atoms with Gasteiger partial charge in [-0.15, -0.1) is 5.10 Å². The third kappa shape index (κ3) is 3.59. The lowest BCUT2D eigenvalue weighted by molar-refractivity contribution is -0.144. The number of carbonyl (C=O) groups is 2. The summed E-state index contributed by atoms with van der Waals surface area (Å²) in [6.45, 7) is 9.14. The predicted molar refractivity (Wildman–Crippen MR) is 120 cm³/mol. The number of carbonyl (C=O) groups excluding carboxylic acids is 2. The van der Waals surface area contributed by atoms with E-state index in [4.69, 9.17) is 4.74 Å². The molecule has 33 heavy (non-hydrogen) atoms. The van der Waals surface area contributed by atoms with E-state index in [0.717, 1.165) is 11.5 Å². The Bertz CT molecular complexity index is 1140. The fraction of sp³-hybridized carbons (Fsp3) is 0.455. The van der Waals surface area contributed by atoms with Gasteiger partial charge in [0.1, 0.15) is 17.4 Å². The van der Waals surface area contributed by atoms with Crippen LogP contribution >= 0.6 is 11.5 Å². The lowest BCUT2D eigenvalue weighted by Crippen LogP contribution is -2.68. The second-order valence-corrected chi connectivity index (χ2v) is 9.46. The molecule has 0 radical (unpaired) electrons. The Balaban J connectivity index is 1.94. The highest BCUT2D eigenvalue weighted by Gasteiger charge is 2.57. The molecule has 4 rings (SSSR count). The Morgan fingerprint density at radius 1 is 1.39 bits per heavy atom. The van der Waals surface area contributed by atoms with Crippen LogP contribution in [-0.4, -0.2) is 53.6 Å². The predicted octanol–water partition coefficient (Wildman–Crippen LogP) is 2.32. The molecule has 0 bridgehead atoms. The van der Waals surface area contributed by atoms with Gasteiger partial charge in [-0.25, -0.2) is 8.78 Å². The van der Waals surface area contributed by atoms with Gasteiger partial charge < -0.3 is 25.1 Å². The molecule has 2 aromatic rings.